The van der Waals surface area contributed by atoms with Crippen LogP contribution < -0.4 is 0 Å². The molecule has 0 radical (unpaired) electrons. The molecule has 0 bridgehead atoms. The highest BCUT2D eigenvalue weighted by Gasteiger charge is 2.22. The van der Waals surface area contributed by atoms with Crippen LogP contribution in [-0.4, -0.2) is 60.1 Å². The normalized spacial score (nSPS) is 11.4. The molecule has 12 aromatic rings. The minimum absolute atomic E-state index is 0.210. The highest BCUT2D eigenvalue weighted by molar-refractivity contribution is 7.09. The first-order chi connectivity index (χ1) is 34.0. The summed E-state index contributed by atoms with van der Waals surface area (Å²) in [5.41, 5.74) is 8.20. The second kappa shape index (κ2) is 17.8. The highest BCUT2D eigenvalue weighted by Crippen LogP contribution is 2.35. The van der Waals surface area contributed by atoms with Crippen LogP contribution in [0.25, 0.3) is 102 Å². The van der Waals surface area contributed by atoms with Gasteiger partial charge in [0.1, 0.15) is 10.8 Å². The van der Waals surface area contributed by atoms with Crippen LogP contribution >= 0.6 is 11.5 Å². The van der Waals surface area contributed by atoms with E-state index in [4.69, 9.17) is 42.6 Å². The Balaban J connectivity index is 0.867. The predicted molar refractivity (Wildman–Crippen MR) is 251 cm³/mol. The zero-order valence-corrected chi connectivity index (χ0v) is 37.0. The van der Waals surface area contributed by atoms with Gasteiger partial charge in [0.25, 0.3) is 23.6 Å². The lowest BCUT2D eigenvalue weighted by Crippen LogP contribution is -1.90. The van der Waals surface area contributed by atoms with Gasteiger partial charge in [-0.25, -0.2) is 4.98 Å². The average Bonchev–Trinajstić information content (AvgIpc) is 4.27. The van der Waals surface area contributed by atoms with Crippen LogP contribution in [0.1, 0.15) is 28.7 Å². The average molecular weight is 925 g/mol. The lowest BCUT2D eigenvalue weighted by Gasteiger charge is -2.03. The summed E-state index contributed by atoms with van der Waals surface area (Å²) in [6, 6.07) is 48.3. The third-order valence-corrected chi connectivity index (χ3v) is 11.7. The van der Waals surface area contributed by atoms with Crippen molar-refractivity contribution in [2.24, 2.45) is 0 Å². The van der Waals surface area contributed by atoms with Crippen LogP contribution in [0, 0.1) is 6.92 Å². The molecule has 0 saturated heterocycles. The number of hydrogen-bond donors (Lipinski definition) is 0. The van der Waals surface area contributed by atoms with Crippen molar-refractivity contribution in [1.29, 1.82) is 0 Å². The van der Waals surface area contributed by atoms with Gasteiger partial charge in [0.15, 0.2) is 5.82 Å². The molecule has 0 N–H and O–H groups in total. The Morgan fingerprint density at radius 3 is 1.32 bits per heavy atom. The summed E-state index contributed by atoms with van der Waals surface area (Å²) in [4.78, 5) is 28.3. The fourth-order valence-corrected chi connectivity index (χ4v) is 8.28. The lowest BCUT2D eigenvalue weighted by atomic mass is 10.0. The molecule has 12 rings (SSSR count). The first-order valence-corrected chi connectivity index (χ1v) is 22.3. The lowest BCUT2D eigenvalue weighted by molar-refractivity contribution is 0.385. The molecule has 332 valence electrons. The van der Waals surface area contributed by atoms with E-state index in [1.165, 1.54) is 11.5 Å². The first-order valence-electron chi connectivity index (χ1n) is 21.5. The standard InChI is InChI=1S/C51H32N12O5S/c1-29-52-47(65-58-29)36-19-9-17-34(24-36)45-56-49(67-61-45)39-26-38(48-55-44(60-66-48)33-16-8-15-32(23-33)43-54-42(64-59-43)22-31-13-6-3-7-14-31)27-40(28-39)50-57-46(62-68-50)35-18-10-20-37(25-35)51-53-41(63-69-51)21-30-11-4-2-5-12-30/h2-20,23-28H,21-22H2,1H3. The Labute approximate surface area is 394 Å². The fourth-order valence-electron chi connectivity index (χ4n) is 7.60. The van der Waals surface area contributed by atoms with Gasteiger partial charge in [-0.2, -0.15) is 29.3 Å². The van der Waals surface area contributed by atoms with Gasteiger partial charge < -0.3 is 22.6 Å². The van der Waals surface area contributed by atoms with Crippen LogP contribution in [-0.2, 0) is 12.8 Å². The zero-order chi connectivity index (χ0) is 46.1. The van der Waals surface area contributed by atoms with Crippen LogP contribution in [0.3, 0.4) is 0 Å². The molecule has 17 nitrogen and oxygen atoms in total. The van der Waals surface area contributed by atoms with E-state index in [1.54, 1.807) is 6.92 Å². The monoisotopic (exact) mass is 924 g/mol. The van der Waals surface area contributed by atoms with Gasteiger partial charge in [-0.15, -0.1) is 0 Å². The van der Waals surface area contributed by atoms with Crippen molar-refractivity contribution < 1.29 is 22.6 Å². The summed E-state index contributed by atoms with van der Waals surface area (Å²) in [6.07, 6.45) is 1.16. The van der Waals surface area contributed by atoms with Gasteiger partial charge >= 0.3 is 0 Å². The van der Waals surface area contributed by atoms with Crippen molar-refractivity contribution in [2.45, 2.75) is 19.8 Å². The Kier molecular flexibility index (Phi) is 10.6. The van der Waals surface area contributed by atoms with Crippen LogP contribution in [0.5, 0.6) is 0 Å². The number of hydrogen-bond acceptors (Lipinski definition) is 18. The molecule has 0 spiro atoms. The molecule has 6 aromatic heterocycles. The van der Waals surface area contributed by atoms with E-state index in [1.807, 2.05) is 140 Å². The Morgan fingerprint density at radius 1 is 0.362 bits per heavy atom. The molecular formula is C51H32N12O5S. The second-order valence-electron chi connectivity index (χ2n) is 15.8. The van der Waals surface area contributed by atoms with E-state index in [0.717, 1.165) is 38.6 Å². The van der Waals surface area contributed by atoms with E-state index in [9.17, 15) is 0 Å². The van der Waals surface area contributed by atoms with Crippen molar-refractivity contribution in [3.05, 3.63) is 180 Å². The van der Waals surface area contributed by atoms with Crippen LogP contribution in [0.4, 0.5) is 0 Å². The Bertz CT molecular complexity index is 3570. The van der Waals surface area contributed by atoms with Gasteiger partial charge in [0.2, 0.25) is 29.2 Å². The van der Waals surface area contributed by atoms with E-state index >= 15 is 0 Å². The number of nitrogens with zero attached hydrogens (tertiary/aromatic N) is 12. The van der Waals surface area contributed by atoms with Crippen molar-refractivity contribution >= 4 is 11.5 Å². The van der Waals surface area contributed by atoms with Gasteiger partial charge in [0.05, 0.1) is 6.42 Å². The molecule has 0 amide bonds. The Hall–Kier alpha value is -9.42. The predicted octanol–water partition coefficient (Wildman–Crippen LogP) is 10.9. The first kappa shape index (κ1) is 41.0. The summed E-state index contributed by atoms with van der Waals surface area (Å²) >= 11 is 1.34. The zero-order valence-electron chi connectivity index (χ0n) is 36.2. The SMILES string of the molecule is Cc1noc(-c2cccc(-c3noc(-c4cc(-c5nc(-c6cccc(-c7noc(Cc8ccccc8)n7)c6)no5)cc(-c5nc(-c6cccc(-c7nc(Cc8ccccc8)ns7)c6)no5)c4)n3)c2)n1. The molecule has 6 heterocycles. The maximum absolute atomic E-state index is 5.94. The maximum Gasteiger partial charge on any atom is 0.258 e. The summed E-state index contributed by atoms with van der Waals surface area (Å²) in [7, 11) is 0. The largest absolute Gasteiger partial charge is 0.339 e. The molecule has 0 aliphatic heterocycles. The maximum atomic E-state index is 5.94. The minimum Gasteiger partial charge on any atom is -0.339 e. The molecule has 0 fully saturated rings. The molecule has 0 aliphatic carbocycles. The third-order valence-electron chi connectivity index (χ3n) is 10.9. The van der Waals surface area contributed by atoms with Crippen LogP contribution in [0.2, 0.25) is 0 Å². The second-order valence-corrected chi connectivity index (χ2v) is 16.6. The molecule has 0 atom stereocenters. The van der Waals surface area contributed by atoms with Gasteiger partial charge in [-0.1, -0.05) is 135 Å². The molecular weight excluding hydrogens is 893 g/mol. The smallest absolute Gasteiger partial charge is 0.258 e. The quantitative estimate of drug-likeness (QED) is 0.105. The Morgan fingerprint density at radius 2 is 0.783 bits per heavy atom. The summed E-state index contributed by atoms with van der Waals surface area (Å²) < 4.78 is 33.4. The topological polar surface area (TPSA) is 220 Å². The van der Waals surface area contributed by atoms with Crippen molar-refractivity contribution in [1.82, 2.24) is 60.1 Å². The van der Waals surface area contributed by atoms with E-state index in [2.05, 4.69) is 52.3 Å². The van der Waals surface area contributed by atoms with Gasteiger partial charge in [-0.3, -0.25) is 0 Å². The summed E-state index contributed by atoms with van der Waals surface area (Å²) in [5, 5.41) is 22.0. The number of rotatable bonds is 13. The molecule has 0 saturated carbocycles. The van der Waals surface area contributed by atoms with Crippen molar-refractivity contribution in [3.8, 4) is 102 Å². The molecule has 18 heteroatoms. The van der Waals surface area contributed by atoms with E-state index in [0.29, 0.717) is 87.1 Å². The summed E-state index contributed by atoms with van der Waals surface area (Å²) in [6.45, 7) is 1.76. The van der Waals surface area contributed by atoms with E-state index < -0.39 is 0 Å². The molecule has 69 heavy (non-hydrogen) atoms. The van der Waals surface area contributed by atoms with Gasteiger partial charge in [0, 0.05) is 56.5 Å². The van der Waals surface area contributed by atoms with E-state index in [-0.39, 0.29) is 17.7 Å². The number of aromatic nitrogens is 12. The van der Waals surface area contributed by atoms with Crippen molar-refractivity contribution in [2.75, 3.05) is 0 Å². The van der Waals surface area contributed by atoms with Crippen molar-refractivity contribution in [3.63, 3.8) is 0 Å². The molecule has 0 unspecified atom stereocenters. The fraction of sp³-hybridized carbons (Fsp3) is 0.0588. The minimum atomic E-state index is 0.210. The number of aryl methyl sites for hydroxylation is 1. The van der Waals surface area contributed by atoms with Crippen LogP contribution in [0.15, 0.2) is 174 Å². The third kappa shape index (κ3) is 8.73. The molecule has 0 aliphatic rings. The highest BCUT2D eigenvalue weighted by atomic mass is 32.1. The molecule has 6 aromatic carbocycles. The van der Waals surface area contributed by atoms with Gasteiger partial charge in [-0.05, 0) is 72.0 Å². The number of benzene rings is 6. The summed E-state index contributed by atoms with van der Waals surface area (Å²) in [5.74, 6) is 4.29.